The fraction of sp³-hybridized carbons (Fsp3) is 0.800. The molecule has 22 heavy (non-hydrogen) atoms. The first kappa shape index (κ1) is 17.8. The van der Waals surface area contributed by atoms with Crippen molar-refractivity contribution in [3.8, 4) is 0 Å². The molecule has 1 N–H and O–H groups in total. The molecule has 5 nitrogen and oxygen atoms in total. The normalized spacial score (nSPS) is 29.7. The monoisotopic (exact) mass is 344 g/mol. The second-order valence-electron chi connectivity index (χ2n) is 6.26. The van der Waals surface area contributed by atoms with Crippen LogP contribution in [0.25, 0.3) is 0 Å². The third kappa shape index (κ3) is 4.06. The highest BCUT2D eigenvalue weighted by Crippen LogP contribution is 2.37. The summed E-state index contributed by atoms with van der Waals surface area (Å²) in [6, 6.07) is -0.654. The maximum Gasteiger partial charge on any atom is 0.332 e. The van der Waals surface area contributed by atoms with Gasteiger partial charge < -0.3 is 9.84 Å². The zero-order valence-corrected chi connectivity index (χ0v) is 15.3. The van der Waals surface area contributed by atoms with Crippen molar-refractivity contribution in [2.75, 3.05) is 6.54 Å². The van der Waals surface area contributed by atoms with Gasteiger partial charge in [0, 0.05) is 5.25 Å². The first-order valence-electron chi connectivity index (χ1n) is 7.64. The van der Waals surface area contributed by atoms with Gasteiger partial charge in [0.1, 0.15) is 10.1 Å². The largest absolute Gasteiger partial charge is 0.461 e. The van der Waals surface area contributed by atoms with Gasteiger partial charge >= 0.3 is 5.97 Å². The first-order chi connectivity index (χ1) is 10.3. The lowest BCUT2D eigenvalue weighted by Crippen LogP contribution is -2.40. The van der Waals surface area contributed by atoms with Gasteiger partial charge in [-0.1, -0.05) is 44.3 Å². The van der Waals surface area contributed by atoms with E-state index in [4.69, 9.17) is 4.74 Å². The summed E-state index contributed by atoms with van der Waals surface area (Å²) in [4.78, 5) is 21.3. The highest BCUT2D eigenvalue weighted by Gasteiger charge is 2.43. The topological polar surface area (TPSA) is 71.2 Å². The fourth-order valence-corrected chi connectivity index (χ4v) is 4.72. The highest BCUT2D eigenvalue weighted by molar-refractivity contribution is 8.26. The number of aliphatic hydroxyl groups is 1. The average Bonchev–Trinajstić information content (AvgIpc) is 3.02. The Balaban J connectivity index is 2.19. The van der Waals surface area contributed by atoms with Crippen LogP contribution in [-0.4, -0.2) is 56.5 Å². The molecule has 0 saturated heterocycles. The molecule has 0 aromatic heterocycles. The molecule has 124 valence electrons. The maximum atomic E-state index is 12.3. The van der Waals surface area contributed by atoms with E-state index >= 15 is 0 Å². The van der Waals surface area contributed by atoms with Gasteiger partial charge in [-0.05, 0) is 19.8 Å². The zero-order valence-electron chi connectivity index (χ0n) is 13.6. The lowest BCUT2D eigenvalue weighted by molar-refractivity contribution is -0.149. The number of rotatable bonds is 5. The summed E-state index contributed by atoms with van der Waals surface area (Å²) < 4.78 is 5.31. The fourth-order valence-electron chi connectivity index (χ4n) is 2.25. The van der Waals surface area contributed by atoms with Crippen molar-refractivity contribution in [3.63, 3.8) is 0 Å². The Kier molecular flexibility index (Phi) is 5.96. The molecule has 0 aromatic rings. The summed E-state index contributed by atoms with van der Waals surface area (Å²) >= 11 is 3.13. The molecule has 2 heterocycles. The number of hydrogen-bond acceptors (Lipinski definition) is 7. The van der Waals surface area contributed by atoms with Crippen molar-refractivity contribution in [1.82, 2.24) is 0 Å². The number of thioether (sulfide) groups is 2. The molecule has 0 aliphatic carbocycles. The summed E-state index contributed by atoms with van der Waals surface area (Å²) in [5.74, 6) is -0.308. The molecule has 0 spiro atoms. The molecule has 7 heteroatoms. The number of carbonyl (C=O) groups excluding carboxylic acids is 1. The summed E-state index contributed by atoms with van der Waals surface area (Å²) in [6.45, 7) is 10.4. The van der Waals surface area contributed by atoms with Crippen LogP contribution in [0.5, 0.6) is 0 Å². The lowest BCUT2D eigenvalue weighted by Gasteiger charge is -2.24. The predicted molar refractivity (Wildman–Crippen MR) is 94.0 cm³/mol. The van der Waals surface area contributed by atoms with E-state index in [1.165, 1.54) is 11.8 Å². The number of hydrogen-bond donors (Lipinski definition) is 1. The summed E-state index contributed by atoms with van der Waals surface area (Å²) in [7, 11) is 0. The molecule has 4 unspecified atom stereocenters. The van der Waals surface area contributed by atoms with Crippen molar-refractivity contribution in [2.24, 2.45) is 15.9 Å². The minimum atomic E-state index is -0.654. The van der Waals surface area contributed by atoms with Gasteiger partial charge in [0.05, 0.1) is 24.0 Å². The molecule has 0 fully saturated rings. The van der Waals surface area contributed by atoms with E-state index in [1.807, 2.05) is 27.7 Å². The maximum absolute atomic E-state index is 12.3. The van der Waals surface area contributed by atoms with E-state index in [2.05, 4.69) is 16.9 Å². The van der Waals surface area contributed by atoms with Crippen LogP contribution >= 0.6 is 23.5 Å². The van der Waals surface area contributed by atoms with Crippen LogP contribution in [-0.2, 0) is 9.53 Å². The Morgan fingerprint density at radius 2 is 1.95 bits per heavy atom. The Hall–Kier alpha value is -0.530. The molecule has 0 bridgehead atoms. The summed E-state index contributed by atoms with van der Waals surface area (Å²) in [5, 5.41) is 12.2. The predicted octanol–water partition coefficient (Wildman–Crippen LogP) is 2.37. The number of aliphatic hydroxyl groups excluding tert-OH is 1. The molecule has 0 radical (unpaired) electrons. The van der Waals surface area contributed by atoms with Crippen LogP contribution in [0.3, 0.4) is 0 Å². The van der Waals surface area contributed by atoms with Gasteiger partial charge in [-0.3, -0.25) is 9.98 Å². The molecule has 0 amide bonds. The number of carbonyl (C=O) groups is 1. The third-order valence-corrected chi connectivity index (χ3v) is 5.97. The van der Waals surface area contributed by atoms with Gasteiger partial charge in [0.25, 0.3) is 0 Å². The third-order valence-electron chi connectivity index (χ3n) is 3.42. The van der Waals surface area contributed by atoms with Crippen molar-refractivity contribution in [2.45, 2.75) is 63.4 Å². The molecular weight excluding hydrogens is 320 g/mol. The van der Waals surface area contributed by atoms with Crippen LogP contribution in [0.4, 0.5) is 0 Å². The number of nitrogens with zero attached hydrogens (tertiary/aromatic N) is 2. The Morgan fingerprint density at radius 3 is 2.45 bits per heavy atom. The van der Waals surface area contributed by atoms with E-state index in [1.54, 1.807) is 11.8 Å². The van der Waals surface area contributed by atoms with Gasteiger partial charge in [-0.25, -0.2) is 4.79 Å². The highest BCUT2D eigenvalue weighted by atomic mass is 32.2. The molecule has 2 aliphatic heterocycles. The summed E-state index contributed by atoms with van der Waals surface area (Å²) in [5.41, 5.74) is 0. The molecule has 2 rings (SSSR count). The zero-order chi connectivity index (χ0) is 16.4. The van der Waals surface area contributed by atoms with Crippen LogP contribution in [0.15, 0.2) is 9.98 Å². The minimum absolute atomic E-state index is 0.0542. The van der Waals surface area contributed by atoms with Gasteiger partial charge in [-0.15, -0.1) is 0 Å². The molecule has 0 saturated carbocycles. The second-order valence-corrected chi connectivity index (χ2v) is 8.85. The van der Waals surface area contributed by atoms with E-state index in [0.717, 1.165) is 16.6 Å². The number of esters is 1. The van der Waals surface area contributed by atoms with Crippen molar-refractivity contribution < 1.29 is 14.6 Å². The quantitative estimate of drug-likeness (QED) is 0.775. The standard InChI is InChI=1S/C15H24N2O3S2/c1-7(2)11(18)12-10(15(19)20-8(3)4)17-14(22-12)13-16-6-9(5)21-13/h7-12,18H,6H2,1-5H3. The van der Waals surface area contributed by atoms with Crippen LogP contribution < -0.4 is 0 Å². The Labute approximate surface area is 140 Å². The van der Waals surface area contributed by atoms with Crippen molar-refractivity contribution in [1.29, 1.82) is 0 Å². The Morgan fingerprint density at radius 1 is 1.27 bits per heavy atom. The van der Waals surface area contributed by atoms with Crippen LogP contribution in [0, 0.1) is 5.92 Å². The van der Waals surface area contributed by atoms with Crippen molar-refractivity contribution >= 4 is 39.6 Å². The van der Waals surface area contributed by atoms with Crippen molar-refractivity contribution in [3.05, 3.63) is 0 Å². The molecule has 2 aliphatic rings. The number of aliphatic imine (C=N–C) groups is 2. The molecule has 0 aromatic carbocycles. The van der Waals surface area contributed by atoms with Crippen LogP contribution in [0.2, 0.25) is 0 Å². The number of ether oxygens (including phenoxy) is 1. The Bertz CT molecular complexity index is 491. The minimum Gasteiger partial charge on any atom is -0.461 e. The lowest BCUT2D eigenvalue weighted by atomic mass is 9.99. The second kappa shape index (κ2) is 7.36. The van der Waals surface area contributed by atoms with E-state index in [-0.39, 0.29) is 23.2 Å². The van der Waals surface area contributed by atoms with E-state index in [0.29, 0.717) is 5.25 Å². The van der Waals surface area contributed by atoms with Gasteiger partial charge in [0.2, 0.25) is 0 Å². The van der Waals surface area contributed by atoms with Gasteiger partial charge in [0.15, 0.2) is 6.04 Å². The van der Waals surface area contributed by atoms with Gasteiger partial charge in [-0.2, -0.15) is 0 Å². The molecular formula is C15H24N2O3S2. The summed E-state index contributed by atoms with van der Waals surface area (Å²) in [6.07, 6.45) is -0.799. The van der Waals surface area contributed by atoms with E-state index in [9.17, 15) is 9.90 Å². The SMILES string of the molecule is CC(C)OC(=O)C1N=C(C2=NCC(C)S2)SC1C(O)C(C)C. The average molecular weight is 345 g/mol. The molecule has 4 atom stereocenters. The first-order valence-corrected chi connectivity index (χ1v) is 9.40. The smallest absolute Gasteiger partial charge is 0.332 e. The van der Waals surface area contributed by atoms with E-state index < -0.39 is 12.1 Å². The van der Waals surface area contributed by atoms with Crippen LogP contribution in [0.1, 0.15) is 34.6 Å².